The van der Waals surface area contributed by atoms with Gasteiger partial charge in [-0.05, 0) is 19.1 Å². The predicted octanol–water partition coefficient (Wildman–Crippen LogP) is 1.41. The zero-order valence-corrected chi connectivity index (χ0v) is 10.8. The molecular formula is C12H15N5O2. The second kappa shape index (κ2) is 5.94. The third-order valence-electron chi connectivity index (χ3n) is 2.37. The summed E-state index contributed by atoms with van der Waals surface area (Å²) in [5.41, 5.74) is 0.497. The normalized spacial score (nSPS) is 10.2. The van der Waals surface area contributed by atoms with Crippen molar-refractivity contribution in [1.82, 2.24) is 20.2 Å². The van der Waals surface area contributed by atoms with Crippen molar-refractivity contribution in [2.24, 2.45) is 0 Å². The number of hydrogen-bond donors (Lipinski definition) is 2. The van der Waals surface area contributed by atoms with Gasteiger partial charge < -0.3 is 10.1 Å². The Labute approximate surface area is 110 Å². The summed E-state index contributed by atoms with van der Waals surface area (Å²) in [5.74, 6) is 0.749. The Morgan fingerprint density at radius 1 is 1.47 bits per heavy atom. The number of nitrogens with zero attached hydrogens (tertiary/aromatic N) is 3. The molecule has 100 valence electrons. The molecule has 2 aromatic heterocycles. The maximum atomic E-state index is 12.0. The molecule has 7 heteroatoms. The van der Waals surface area contributed by atoms with Gasteiger partial charge in [0, 0.05) is 12.6 Å². The van der Waals surface area contributed by atoms with E-state index in [0.717, 1.165) is 0 Å². The first-order chi connectivity index (χ1) is 9.24. The largest absolute Gasteiger partial charge is 0.476 e. The van der Waals surface area contributed by atoms with E-state index in [0.29, 0.717) is 30.4 Å². The third-order valence-corrected chi connectivity index (χ3v) is 2.37. The first kappa shape index (κ1) is 13.0. The molecule has 0 unspecified atom stereocenters. The quantitative estimate of drug-likeness (QED) is 0.849. The summed E-state index contributed by atoms with van der Waals surface area (Å²) in [4.78, 5) is 20.1. The molecule has 0 bridgehead atoms. The second-order valence-electron chi connectivity index (χ2n) is 3.70. The van der Waals surface area contributed by atoms with Gasteiger partial charge in [0.2, 0.25) is 11.7 Å². The van der Waals surface area contributed by atoms with Crippen LogP contribution in [0.15, 0.2) is 18.3 Å². The number of carbonyl (C=O) groups excluding carboxylic acids is 1. The fourth-order valence-electron chi connectivity index (χ4n) is 1.47. The van der Waals surface area contributed by atoms with Crippen molar-refractivity contribution in [1.29, 1.82) is 0 Å². The molecule has 0 aliphatic carbocycles. The Kier molecular flexibility index (Phi) is 4.07. The van der Waals surface area contributed by atoms with Crippen molar-refractivity contribution in [3.63, 3.8) is 0 Å². The Hall–Kier alpha value is -2.44. The molecule has 0 spiro atoms. The number of H-pyrrole nitrogens is 1. The molecule has 0 saturated heterocycles. The van der Waals surface area contributed by atoms with Crippen LogP contribution in [-0.4, -0.2) is 32.7 Å². The number of carbonyl (C=O) groups is 1. The molecule has 0 atom stereocenters. The van der Waals surface area contributed by atoms with E-state index in [2.05, 4.69) is 25.5 Å². The highest BCUT2D eigenvalue weighted by atomic mass is 16.5. The number of hydrogen-bond acceptors (Lipinski definition) is 5. The first-order valence-electron chi connectivity index (χ1n) is 6.05. The highest BCUT2D eigenvalue weighted by Gasteiger charge is 2.14. The molecule has 0 fully saturated rings. The van der Waals surface area contributed by atoms with Crippen LogP contribution in [0.4, 0.5) is 5.69 Å². The minimum atomic E-state index is -0.398. The van der Waals surface area contributed by atoms with Gasteiger partial charge in [0.1, 0.15) is 11.5 Å². The van der Waals surface area contributed by atoms with Crippen molar-refractivity contribution >= 4 is 11.6 Å². The van der Waals surface area contributed by atoms with Crippen LogP contribution in [0.1, 0.15) is 30.3 Å². The monoisotopic (exact) mass is 261 g/mol. The van der Waals surface area contributed by atoms with Gasteiger partial charge in [-0.1, -0.05) is 6.92 Å². The molecule has 0 aliphatic rings. The lowest BCUT2D eigenvalue weighted by Crippen LogP contribution is -2.15. The van der Waals surface area contributed by atoms with E-state index in [-0.39, 0.29) is 5.82 Å². The van der Waals surface area contributed by atoms with E-state index >= 15 is 0 Å². The third kappa shape index (κ3) is 3.06. The van der Waals surface area contributed by atoms with Gasteiger partial charge in [-0.2, -0.15) is 0 Å². The molecular weight excluding hydrogens is 246 g/mol. The van der Waals surface area contributed by atoms with Crippen molar-refractivity contribution in [3.8, 4) is 5.88 Å². The molecule has 0 aromatic carbocycles. The number of ether oxygens (including phenoxy) is 1. The molecule has 1 amide bonds. The van der Waals surface area contributed by atoms with Crippen LogP contribution >= 0.6 is 0 Å². The lowest BCUT2D eigenvalue weighted by atomic mass is 10.4. The van der Waals surface area contributed by atoms with Crippen LogP contribution < -0.4 is 10.1 Å². The van der Waals surface area contributed by atoms with E-state index in [1.165, 1.54) is 0 Å². The maximum absolute atomic E-state index is 12.0. The van der Waals surface area contributed by atoms with E-state index in [9.17, 15) is 4.79 Å². The summed E-state index contributed by atoms with van der Waals surface area (Å²) in [6.45, 7) is 4.25. The Morgan fingerprint density at radius 3 is 3.00 bits per heavy atom. The highest BCUT2D eigenvalue weighted by Crippen LogP contribution is 2.20. The fraction of sp³-hybridized carbons (Fsp3) is 0.333. The zero-order valence-electron chi connectivity index (χ0n) is 10.8. The smallest absolute Gasteiger partial charge is 0.295 e. The van der Waals surface area contributed by atoms with E-state index in [1.807, 2.05) is 13.8 Å². The Bertz CT molecular complexity index is 567. The number of anilines is 1. The van der Waals surface area contributed by atoms with Gasteiger partial charge in [0.05, 0.1) is 6.61 Å². The number of aromatic amines is 1. The highest BCUT2D eigenvalue weighted by molar-refractivity contribution is 6.02. The van der Waals surface area contributed by atoms with Crippen molar-refractivity contribution in [2.45, 2.75) is 20.3 Å². The van der Waals surface area contributed by atoms with Crippen LogP contribution in [0.2, 0.25) is 0 Å². The summed E-state index contributed by atoms with van der Waals surface area (Å²) in [6, 6.07) is 3.43. The fourth-order valence-corrected chi connectivity index (χ4v) is 1.47. The molecule has 2 rings (SSSR count). The maximum Gasteiger partial charge on any atom is 0.295 e. The van der Waals surface area contributed by atoms with Gasteiger partial charge >= 0.3 is 0 Å². The summed E-state index contributed by atoms with van der Waals surface area (Å²) in [6.07, 6.45) is 2.29. The van der Waals surface area contributed by atoms with Gasteiger partial charge in [-0.15, -0.1) is 5.10 Å². The van der Waals surface area contributed by atoms with Crippen LogP contribution in [0, 0.1) is 0 Å². The van der Waals surface area contributed by atoms with Gasteiger partial charge in [-0.3, -0.25) is 9.89 Å². The first-order valence-corrected chi connectivity index (χ1v) is 6.05. The molecule has 2 N–H and O–H groups in total. The van der Waals surface area contributed by atoms with E-state index in [4.69, 9.17) is 4.74 Å². The molecule has 19 heavy (non-hydrogen) atoms. The molecule has 7 nitrogen and oxygen atoms in total. The van der Waals surface area contributed by atoms with Crippen LogP contribution in [-0.2, 0) is 6.42 Å². The minimum absolute atomic E-state index is 0.100. The predicted molar refractivity (Wildman–Crippen MR) is 69.1 cm³/mol. The van der Waals surface area contributed by atoms with Crippen molar-refractivity contribution in [2.75, 3.05) is 11.9 Å². The van der Waals surface area contributed by atoms with Crippen LogP contribution in [0.25, 0.3) is 0 Å². The Morgan fingerprint density at radius 2 is 2.32 bits per heavy atom. The number of rotatable bonds is 5. The summed E-state index contributed by atoms with van der Waals surface area (Å²) in [5, 5.41) is 9.22. The number of aromatic nitrogens is 4. The lowest BCUT2D eigenvalue weighted by Gasteiger charge is -2.08. The summed E-state index contributed by atoms with van der Waals surface area (Å²) < 4.78 is 5.33. The number of nitrogens with one attached hydrogen (secondary N) is 2. The van der Waals surface area contributed by atoms with Crippen molar-refractivity contribution in [3.05, 3.63) is 30.0 Å². The standard InChI is InChI=1S/C12H15N5O2/c1-3-9-15-10(17-16-9)11(18)14-8-6-5-7-13-12(8)19-4-2/h5-7H,3-4H2,1-2H3,(H,14,18)(H,15,16,17). The number of pyridine rings is 1. The van der Waals surface area contributed by atoms with E-state index < -0.39 is 5.91 Å². The molecule has 0 aliphatic heterocycles. The lowest BCUT2D eigenvalue weighted by molar-refractivity contribution is 0.101. The van der Waals surface area contributed by atoms with Crippen LogP contribution in [0.5, 0.6) is 5.88 Å². The summed E-state index contributed by atoms with van der Waals surface area (Å²) in [7, 11) is 0. The van der Waals surface area contributed by atoms with Gasteiger partial charge in [0.25, 0.3) is 5.91 Å². The minimum Gasteiger partial charge on any atom is -0.476 e. The number of amides is 1. The average Bonchev–Trinajstić information content (AvgIpc) is 2.90. The molecule has 0 radical (unpaired) electrons. The topological polar surface area (TPSA) is 92.8 Å². The summed E-state index contributed by atoms with van der Waals surface area (Å²) >= 11 is 0. The van der Waals surface area contributed by atoms with Gasteiger partial charge in [-0.25, -0.2) is 9.97 Å². The van der Waals surface area contributed by atoms with E-state index in [1.54, 1.807) is 18.3 Å². The van der Waals surface area contributed by atoms with Crippen LogP contribution in [0.3, 0.4) is 0 Å². The van der Waals surface area contributed by atoms with Gasteiger partial charge in [0.15, 0.2) is 0 Å². The SMILES string of the molecule is CCOc1ncccc1NC(=O)c1n[nH]c(CC)n1. The molecule has 2 heterocycles. The molecule has 2 aromatic rings. The number of aryl methyl sites for hydroxylation is 1. The average molecular weight is 261 g/mol. The second-order valence-corrected chi connectivity index (χ2v) is 3.70. The zero-order chi connectivity index (χ0) is 13.7. The molecule has 0 saturated carbocycles. The van der Waals surface area contributed by atoms with Crippen molar-refractivity contribution < 1.29 is 9.53 Å². The Balaban J connectivity index is 2.14.